The van der Waals surface area contributed by atoms with E-state index in [-0.39, 0.29) is 0 Å². The topological polar surface area (TPSA) is 60.2 Å². The molecule has 1 heterocycles. The molecule has 92 valence electrons. The fourth-order valence-corrected chi connectivity index (χ4v) is 1.55. The van der Waals surface area contributed by atoms with Gasteiger partial charge >= 0.3 is 0 Å². The highest BCUT2D eigenvalue weighted by Crippen LogP contribution is 2.09. The van der Waals surface area contributed by atoms with Crippen LogP contribution in [0.25, 0.3) is 0 Å². The van der Waals surface area contributed by atoms with Gasteiger partial charge in [0.15, 0.2) is 5.82 Å². The Morgan fingerprint density at radius 2 is 2.19 bits per heavy atom. The Balaban J connectivity index is 2.55. The first-order valence-electron chi connectivity index (χ1n) is 5.71. The van der Waals surface area contributed by atoms with Crippen LogP contribution < -0.4 is 5.32 Å². The van der Waals surface area contributed by atoms with Crippen molar-refractivity contribution in [1.82, 2.24) is 15.5 Å². The molecule has 0 aliphatic rings. The van der Waals surface area contributed by atoms with E-state index in [2.05, 4.69) is 36.2 Å². The molecule has 0 radical (unpaired) electrons. The van der Waals surface area contributed by atoms with Crippen molar-refractivity contribution in [2.75, 3.05) is 13.7 Å². The lowest BCUT2D eigenvalue weighted by Crippen LogP contribution is -2.35. The predicted octanol–water partition coefficient (Wildman–Crippen LogP) is 1.39. The molecule has 1 unspecified atom stereocenters. The monoisotopic (exact) mass is 227 g/mol. The van der Waals surface area contributed by atoms with Gasteiger partial charge in [-0.05, 0) is 12.5 Å². The maximum Gasteiger partial charge on any atom is 0.228 e. The minimum absolute atomic E-state index is 0.376. The van der Waals surface area contributed by atoms with Crippen molar-refractivity contribution in [2.45, 2.75) is 39.8 Å². The maximum atomic E-state index is 5.16. The zero-order valence-corrected chi connectivity index (χ0v) is 10.5. The largest absolute Gasteiger partial charge is 0.377 e. The Labute approximate surface area is 96.6 Å². The number of hydrogen-bond acceptors (Lipinski definition) is 5. The second-order valence-electron chi connectivity index (χ2n) is 4.15. The minimum atomic E-state index is 0.376. The van der Waals surface area contributed by atoms with Crippen molar-refractivity contribution in [1.29, 1.82) is 0 Å². The summed E-state index contributed by atoms with van der Waals surface area (Å²) < 4.78 is 10.1. The minimum Gasteiger partial charge on any atom is -0.377 e. The first kappa shape index (κ1) is 13.1. The summed E-state index contributed by atoms with van der Waals surface area (Å²) in [6.07, 6.45) is 0.766. The fraction of sp³-hybridized carbons (Fsp3) is 0.818. The molecule has 0 aliphatic carbocycles. The van der Waals surface area contributed by atoms with Gasteiger partial charge in [0.2, 0.25) is 5.89 Å². The highest BCUT2D eigenvalue weighted by molar-refractivity contribution is 4.89. The van der Waals surface area contributed by atoms with Gasteiger partial charge in [-0.25, -0.2) is 0 Å². The molecule has 0 amide bonds. The normalized spacial score (nSPS) is 13.3. The van der Waals surface area contributed by atoms with Gasteiger partial charge in [0.05, 0.1) is 0 Å². The van der Waals surface area contributed by atoms with E-state index >= 15 is 0 Å². The van der Waals surface area contributed by atoms with Crippen LogP contribution >= 0.6 is 0 Å². The van der Waals surface area contributed by atoms with Crippen LogP contribution in [0.15, 0.2) is 4.52 Å². The molecule has 0 fully saturated rings. The van der Waals surface area contributed by atoms with E-state index in [1.165, 1.54) is 0 Å². The summed E-state index contributed by atoms with van der Waals surface area (Å²) in [5.74, 6) is 1.82. The molecule has 0 saturated heterocycles. The van der Waals surface area contributed by atoms with Crippen LogP contribution in [0.4, 0.5) is 0 Å². The molecule has 0 bridgehead atoms. The quantitative estimate of drug-likeness (QED) is 0.762. The summed E-state index contributed by atoms with van der Waals surface area (Å²) in [6.45, 7) is 7.80. The number of nitrogens with one attached hydrogen (secondary N) is 1. The molecule has 1 rings (SSSR count). The molecular formula is C11H21N3O2. The molecule has 1 atom stereocenters. The van der Waals surface area contributed by atoms with Crippen molar-refractivity contribution in [3.8, 4) is 0 Å². The van der Waals surface area contributed by atoms with Crippen molar-refractivity contribution in [2.24, 2.45) is 5.92 Å². The Morgan fingerprint density at radius 3 is 2.75 bits per heavy atom. The van der Waals surface area contributed by atoms with Crippen LogP contribution in [0.2, 0.25) is 0 Å². The zero-order chi connectivity index (χ0) is 12.0. The van der Waals surface area contributed by atoms with E-state index in [0.29, 0.717) is 30.3 Å². The van der Waals surface area contributed by atoms with Crippen molar-refractivity contribution >= 4 is 0 Å². The average molecular weight is 227 g/mol. The molecule has 1 N–H and O–H groups in total. The number of methoxy groups -OCH3 is 1. The molecule has 0 spiro atoms. The molecule has 0 saturated carbocycles. The summed E-state index contributed by atoms with van der Waals surface area (Å²) >= 11 is 0. The Morgan fingerprint density at radius 1 is 1.44 bits per heavy atom. The van der Waals surface area contributed by atoms with Gasteiger partial charge in [-0.3, -0.25) is 0 Å². The fourth-order valence-electron chi connectivity index (χ4n) is 1.55. The molecular weight excluding hydrogens is 206 g/mol. The summed E-state index contributed by atoms with van der Waals surface area (Å²) in [4.78, 5) is 4.26. The standard InChI is InChI=1S/C11H21N3O2/c1-5-12-9(8(2)3)6-11-13-10(7-15-4)14-16-11/h8-9,12H,5-7H2,1-4H3. The summed E-state index contributed by atoms with van der Waals surface area (Å²) in [5, 5.41) is 7.25. The van der Waals surface area contributed by atoms with Crippen molar-refractivity contribution in [3.05, 3.63) is 11.7 Å². The Kier molecular flexibility index (Phi) is 5.42. The van der Waals surface area contributed by atoms with Crippen LogP contribution in [-0.4, -0.2) is 29.8 Å². The average Bonchev–Trinajstić information content (AvgIpc) is 2.65. The van der Waals surface area contributed by atoms with Gasteiger partial charge < -0.3 is 14.6 Å². The van der Waals surface area contributed by atoms with E-state index < -0.39 is 0 Å². The SMILES string of the molecule is CCNC(Cc1nc(COC)no1)C(C)C. The van der Waals surface area contributed by atoms with Crippen LogP contribution in [-0.2, 0) is 17.8 Å². The molecule has 5 nitrogen and oxygen atoms in total. The summed E-state index contributed by atoms with van der Waals surface area (Å²) in [6, 6.07) is 0.376. The first-order valence-corrected chi connectivity index (χ1v) is 5.71. The molecule has 0 aromatic carbocycles. The lowest BCUT2D eigenvalue weighted by atomic mass is 10.0. The van der Waals surface area contributed by atoms with Crippen LogP contribution in [0.1, 0.15) is 32.5 Å². The van der Waals surface area contributed by atoms with Gasteiger partial charge in [0.25, 0.3) is 0 Å². The molecule has 1 aromatic rings. The van der Waals surface area contributed by atoms with Gasteiger partial charge in [0, 0.05) is 19.6 Å². The number of aromatic nitrogens is 2. The van der Waals surface area contributed by atoms with E-state index in [4.69, 9.17) is 9.26 Å². The lowest BCUT2D eigenvalue weighted by molar-refractivity contribution is 0.174. The predicted molar refractivity (Wildman–Crippen MR) is 61.0 cm³/mol. The maximum absolute atomic E-state index is 5.16. The van der Waals surface area contributed by atoms with Crippen molar-refractivity contribution < 1.29 is 9.26 Å². The smallest absolute Gasteiger partial charge is 0.228 e. The summed E-state index contributed by atoms with van der Waals surface area (Å²) in [7, 11) is 1.62. The number of hydrogen-bond donors (Lipinski definition) is 1. The first-order chi connectivity index (χ1) is 7.67. The Bertz CT molecular complexity index is 299. The van der Waals surface area contributed by atoms with Crippen LogP contribution in [0.5, 0.6) is 0 Å². The van der Waals surface area contributed by atoms with E-state index in [1.807, 2.05) is 0 Å². The number of ether oxygens (including phenoxy) is 1. The number of likely N-dealkylation sites (N-methyl/N-ethyl adjacent to an activating group) is 1. The van der Waals surface area contributed by atoms with E-state index in [1.54, 1.807) is 7.11 Å². The molecule has 0 aliphatic heterocycles. The van der Waals surface area contributed by atoms with Crippen LogP contribution in [0.3, 0.4) is 0 Å². The second kappa shape index (κ2) is 6.60. The third-order valence-corrected chi connectivity index (χ3v) is 2.45. The summed E-state index contributed by atoms with van der Waals surface area (Å²) in [5.41, 5.74) is 0. The number of rotatable bonds is 7. The van der Waals surface area contributed by atoms with Gasteiger partial charge in [-0.1, -0.05) is 25.9 Å². The van der Waals surface area contributed by atoms with Crippen molar-refractivity contribution in [3.63, 3.8) is 0 Å². The van der Waals surface area contributed by atoms with E-state index in [9.17, 15) is 0 Å². The third-order valence-electron chi connectivity index (χ3n) is 2.45. The van der Waals surface area contributed by atoms with Gasteiger partial charge in [-0.2, -0.15) is 4.98 Å². The zero-order valence-electron chi connectivity index (χ0n) is 10.5. The molecule has 5 heteroatoms. The Hall–Kier alpha value is -0.940. The molecule has 1 aromatic heterocycles. The van der Waals surface area contributed by atoms with Gasteiger partial charge in [-0.15, -0.1) is 0 Å². The van der Waals surface area contributed by atoms with Crippen LogP contribution in [0, 0.1) is 5.92 Å². The molecule has 16 heavy (non-hydrogen) atoms. The second-order valence-corrected chi connectivity index (χ2v) is 4.15. The van der Waals surface area contributed by atoms with Gasteiger partial charge in [0.1, 0.15) is 6.61 Å². The highest BCUT2D eigenvalue weighted by atomic mass is 16.5. The highest BCUT2D eigenvalue weighted by Gasteiger charge is 2.16. The number of nitrogens with zero attached hydrogens (tertiary/aromatic N) is 2. The van der Waals surface area contributed by atoms with E-state index in [0.717, 1.165) is 13.0 Å². The lowest BCUT2D eigenvalue weighted by Gasteiger charge is -2.19. The third kappa shape index (κ3) is 3.90.